The molecule has 0 spiro atoms. The van der Waals surface area contributed by atoms with Crippen LogP contribution in [0, 0.1) is 10.1 Å². The van der Waals surface area contributed by atoms with Crippen molar-refractivity contribution in [3.63, 3.8) is 0 Å². The highest BCUT2D eigenvalue weighted by Crippen LogP contribution is 2.33. The van der Waals surface area contributed by atoms with Gasteiger partial charge in [-0.05, 0) is 34.7 Å². The van der Waals surface area contributed by atoms with Crippen molar-refractivity contribution in [2.24, 2.45) is 0 Å². The van der Waals surface area contributed by atoms with E-state index in [1.165, 1.54) is 12.1 Å². The smallest absolute Gasteiger partial charge is 0.269 e. The van der Waals surface area contributed by atoms with E-state index in [1.807, 2.05) is 35.0 Å². The van der Waals surface area contributed by atoms with Gasteiger partial charge in [0.2, 0.25) is 5.91 Å². The fraction of sp³-hybridized carbons (Fsp3) is 0.130. The van der Waals surface area contributed by atoms with Crippen molar-refractivity contribution in [1.29, 1.82) is 0 Å². The number of nitro benzene ring substituents is 1. The van der Waals surface area contributed by atoms with Crippen LogP contribution in [0.2, 0.25) is 5.02 Å². The predicted molar refractivity (Wildman–Crippen MR) is 129 cm³/mol. The first-order valence-electron chi connectivity index (χ1n) is 9.74. The van der Waals surface area contributed by atoms with Crippen LogP contribution in [0.4, 0.5) is 5.69 Å². The Hall–Kier alpha value is -3.07. The molecule has 0 aliphatic rings. The molecule has 0 saturated heterocycles. The number of hydrogen-bond acceptors (Lipinski definition) is 6. The molecule has 9 heteroatoms. The van der Waals surface area contributed by atoms with Crippen LogP contribution in [0.15, 0.2) is 71.4 Å². The summed E-state index contributed by atoms with van der Waals surface area (Å²) in [6, 6.07) is 17.6. The molecule has 0 fully saturated rings. The number of benzene rings is 2. The number of nitrogens with zero attached hydrogens (tertiary/aromatic N) is 2. The van der Waals surface area contributed by atoms with Gasteiger partial charge in [-0.3, -0.25) is 14.9 Å². The number of nitrogens with one attached hydrogen (secondary N) is 1. The van der Waals surface area contributed by atoms with Crippen molar-refractivity contribution in [2.45, 2.75) is 12.3 Å². The van der Waals surface area contributed by atoms with Crippen LogP contribution in [0.25, 0.3) is 9.88 Å². The third-order valence-electron chi connectivity index (χ3n) is 4.87. The molecular weight excluding hydrogens is 466 g/mol. The molecule has 4 aromatic rings. The molecule has 0 radical (unpaired) electrons. The second kappa shape index (κ2) is 10.0. The van der Waals surface area contributed by atoms with E-state index in [4.69, 9.17) is 16.6 Å². The van der Waals surface area contributed by atoms with Gasteiger partial charge in [-0.15, -0.1) is 22.7 Å². The minimum atomic E-state index is -0.427. The molecule has 1 atom stereocenters. The van der Waals surface area contributed by atoms with Gasteiger partial charge in [-0.1, -0.05) is 41.9 Å². The minimum Gasteiger partial charge on any atom is -0.355 e. The molecule has 2 aromatic heterocycles. The van der Waals surface area contributed by atoms with E-state index in [-0.39, 0.29) is 23.9 Å². The number of nitro groups is 1. The topological polar surface area (TPSA) is 85.1 Å². The predicted octanol–water partition coefficient (Wildman–Crippen LogP) is 5.92. The number of aromatic nitrogens is 1. The average Bonchev–Trinajstić information content (AvgIpc) is 3.46. The van der Waals surface area contributed by atoms with Crippen molar-refractivity contribution in [1.82, 2.24) is 10.3 Å². The van der Waals surface area contributed by atoms with Gasteiger partial charge < -0.3 is 5.32 Å². The van der Waals surface area contributed by atoms with Crippen molar-refractivity contribution in [3.05, 3.63) is 103 Å². The molecule has 6 nitrogen and oxygen atoms in total. The number of rotatable bonds is 8. The van der Waals surface area contributed by atoms with Crippen LogP contribution in [-0.4, -0.2) is 22.4 Å². The molecule has 1 N–H and O–H groups in total. The number of non-ortho nitro benzene ring substituents is 1. The highest BCUT2D eigenvalue weighted by atomic mass is 35.5. The summed E-state index contributed by atoms with van der Waals surface area (Å²) in [6.45, 7) is 0.324. The maximum absolute atomic E-state index is 12.6. The SMILES string of the molecule is O=C(Cc1cccc(Cl)c1)NCC(c1ccc([N+](=O)[O-])cc1)c1csc(-c2cccs2)n1. The van der Waals surface area contributed by atoms with Gasteiger partial charge in [0.25, 0.3) is 5.69 Å². The molecule has 0 aliphatic carbocycles. The van der Waals surface area contributed by atoms with Gasteiger partial charge in [-0.2, -0.15) is 0 Å². The summed E-state index contributed by atoms with van der Waals surface area (Å²) in [5.41, 5.74) is 2.52. The van der Waals surface area contributed by atoms with Crippen LogP contribution < -0.4 is 5.32 Å². The first kappa shape index (κ1) is 22.1. The number of carbonyl (C=O) groups is 1. The number of halogens is 1. The highest BCUT2D eigenvalue weighted by Gasteiger charge is 2.20. The van der Waals surface area contributed by atoms with Gasteiger partial charge in [0.05, 0.1) is 21.9 Å². The Balaban J connectivity index is 1.54. The molecular formula is C23H18ClN3O3S2. The van der Waals surface area contributed by atoms with E-state index in [0.717, 1.165) is 26.7 Å². The van der Waals surface area contributed by atoms with Crippen LogP contribution in [0.3, 0.4) is 0 Å². The van der Waals surface area contributed by atoms with E-state index < -0.39 is 4.92 Å². The average molecular weight is 484 g/mol. The fourth-order valence-electron chi connectivity index (χ4n) is 3.29. The largest absolute Gasteiger partial charge is 0.355 e. The van der Waals surface area contributed by atoms with E-state index in [9.17, 15) is 14.9 Å². The normalized spacial score (nSPS) is 11.8. The molecule has 32 heavy (non-hydrogen) atoms. The second-order valence-electron chi connectivity index (χ2n) is 7.07. The Morgan fingerprint density at radius 1 is 1.12 bits per heavy atom. The molecule has 2 heterocycles. The van der Waals surface area contributed by atoms with Crippen molar-refractivity contribution in [2.75, 3.05) is 6.54 Å². The summed E-state index contributed by atoms with van der Waals surface area (Å²) in [6.07, 6.45) is 0.213. The number of carbonyl (C=O) groups excluding carboxylic acids is 1. The van der Waals surface area contributed by atoms with Crippen molar-refractivity contribution >= 4 is 45.9 Å². The zero-order valence-electron chi connectivity index (χ0n) is 16.7. The number of amides is 1. The lowest BCUT2D eigenvalue weighted by atomic mass is 9.96. The Labute approximate surface area is 197 Å². The molecule has 0 saturated carbocycles. The van der Waals surface area contributed by atoms with Crippen molar-refractivity contribution in [3.8, 4) is 9.88 Å². The van der Waals surface area contributed by atoms with Crippen LogP contribution >= 0.6 is 34.3 Å². The molecule has 162 valence electrons. The van der Waals surface area contributed by atoms with E-state index in [1.54, 1.807) is 46.9 Å². The van der Waals surface area contributed by atoms with Crippen LogP contribution in [0.5, 0.6) is 0 Å². The van der Waals surface area contributed by atoms with E-state index in [0.29, 0.717) is 11.6 Å². The lowest BCUT2D eigenvalue weighted by Crippen LogP contribution is -2.30. The minimum absolute atomic E-state index is 0.0232. The summed E-state index contributed by atoms with van der Waals surface area (Å²) >= 11 is 9.17. The Kier molecular flexibility index (Phi) is 6.94. The Morgan fingerprint density at radius 3 is 2.62 bits per heavy atom. The van der Waals surface area contributed by atoms with Crippen LogP contribution in [-0.2, 0) is 11.2 Å². The monoisotopic (exact) mass is 483 g/mol. The first-order valence-corrected chi connectivity index (χ1v) is 11.9. The number of hydrogen-bond donors (Lipinski definition) is 1. The first-order chi connectivity index (χ1) is 15.5. The van der Waals surface area contributed by atoms with E-state index in [2.05, 4.69) is 5.32 Å². The van der Waals surface area contributed by atoms with Gasteiger partial charge in [-0.25, -0.2) is 4.98 Å². The van der Waals surface area contributed by atoms with Gasteiger partial charge in [0, 0.05) is 35.0 Å². The fourth-order valence-corrected chi connectivity index (χ4v) is 5.19. The number of thiazole rings is 1. The third-order valence-corrected chi connectivity index (χ3v) is 7.01. The summed E-state index contributed by atoms with van der Waals surface area (Å²) in [5, 5.41) is 19.5. The van der Waals surface area contributed by atoms with Crippen molar-refractivity contribution < 1.29 is 9.72 Å². The van der Waals surface area contributed by atoms with E-state index >= 15 is 0 Å². The standard InChI is InChI=1S/C23H18ClN3O3S2/c24-17-4-1-3-15(11-17)12-22(28)25-13-19(16-6-8-18(9-7-16)27(29)30)20-14-32-23(26-20)21-5-2-10-31-21/h1-11,14,19H,12-13H2,(H,25,28). The van der Waals surface area contributed by atoms with Gasteiger partial charge in [0.15, 0.2) is 0 Å². The molecule has 2 aromatic carbocycles. The molecule has 1 amide bonds. The summed E-state index contributed by atoms with van der Waals surface area (Å²) in [7, 11) is 0. The second-order valence-corrected chi connectivity index (χ2v) is 9.31. The molecule has 1 unspecified atom stereocenters. The Bertz CT molecular complexity index is 1220. The maximum Gasteiger partial charge on any atom is 0.269 e. The summed E-state index contributed by atoms with van der Waals surface area (Å²) in [4.78, 5) is 29.0. The zero-order valence-corrected chi connectivity index (χ0v) is 19.1. The van der Waals surface area contributed by atoms with Gasteiger partial charge in [0.1, 0.15) is 5.01 Å². The third kappa shape index (κ3) is 5.40. The highest BCUT2D eigenvalue weighted by molar-refractivity contribution is 7.20. The maximum atomic E-state index is 12.6. The molecule has 0 bridgehead atoms. The molecule has 4 rings (SSSR count). The number of thiophene rings is 1. The van der Waals surface area contributed by atoms with Crippen LogP contribution in [0.1, 0.15) is 22.7 Å². The Morgan fingerprint density at radius 2 is 1.94 bits per heavy atom. The quantitative estimate of drug-likeness (QED) is 0.249. The zero-order chi connectivity index (χ0) is 22.5. The summed E-state index contributed by atoms with van der Waals surface area (Å²) < 4.78 is 0. The summed E-state index contributed by atoms with van der Waals surface area (Å²) in [5.74, 6) is -0.364. The molecule has 0 aliphatic heterocycles. The van der Waals surface area contributed by atoms with Gasteiger partial charge >= 0.3 is 0 Å². The lowest BCUT2D eigenvalue weighted by molar-refractivity contribution is -0.384. The lowest BCUT2D eigenvalue weighted by Gasteiger charge is -2.16.